The fourth-order valence-corrected chi connectivity index (χ4v) is 1.26. The maximum Gasteiger partial charge on any atom is 0.351 e. The summed E-state index contributed by atoms with van der Waals surface area (Å²) >= 11 is 0. The first-order valence-corrected chi connectivity index (χ1v) is 4.15. The topological polar surface area (TPSA) is 67.5 Å². The van der Waals surface area contributed by atoms with Crippen LogP contribution in [0.1, 0.15) is 10.4 Å². The van der Waals surface area contributed by atoms with Crippen molar-refractivity contribution >= 4 is 16.9 Å². The molecule has 1 aromatic heterocycles. The fourth-order valence-electron chi connectivity index (χ4n) is 1.26. The van der Waals surface area contributed by atoms with E-state index < -0.39 is 28.8 Å². The van der Waals surface area contributed by atoms with Crippen LogP contribution in [0.4, 0.5) is 8.78 Å². The summed E-state index contributed by atoms with van der Waals surface area (Å²) < 4.78 is 30.2. The van der Waals surface area contributed by atoms with E-state index in [1.54, 1.807) is 0 Å². The minimum Gasteiger partial charge on any atom is -0.477 e. The van der Waals surface area contributed by atoms with E-state index in [4.69, 9.17) is 5.11 Å². The number of hydrogen-bond acceptors (Lipinski definition) is 3. The molecule has 2 rings (SSSR count). The number of aromatic carboxylic acids is 1. The Morgan fingerprint density at radius 1 is 1.19 bits per heavy atom. The number of carboxylic acid groups (broad SMARTS) is 1. The molecule has 1 aromatic carbocycles. The minimum absolute atomic E-state index is 0.0101. The number of hydrogen-bond donors (Lipinski definition) is 1. The van der Waals surface area contributed by atoms with Crippen molar-refractivity contribution in [3.8, 4) is 0 Å². The summed E-state index contributed by atoms with van der Waals surface area (Å²) in [5.41, 5.74) is -1.93. The van der Waals surface area contributed by atoms with Gasteiger partial charge in [-0.15, -0.1) is 0 Å². The van der Waals surface area contributed by atoms with Gasteiger partial charge in [0.1, 0.15) is 11.1 Å². The molecule has 0 amide bonds. The average Bonchev–Trinajstić information content (AvgIpc) is 2.19. The monoisotopic (exact) mass is 226 g/mol. The van der Waals surface area contributed by atoms with Crippen LogP contribution in [0.2, 0.25) is 0 Å². The van der Waals surface area contributed by atoms with Gasteiger partial charge in [0.2, 0.25) is 0 Å². The Labute approximate surface area is 86.7 Å². The van der Waals surface area contributed by atoms with Crippen molar-refractivity contribution in [1.82, 2.24) is 0 Å². The Morgan fingerprint density at radius 2 is 1.81 bits per heavy atom. The predicted octanol–water partition coefficient (Wildman–Crippen LogP) is 1.77. The number of carboxylic acids is 1. The summed E-state index contributed by atoms with van der Waals surface area (Å²) in [7, 11) is 0. The molecule has 0 aliphatic heterocycles. The highest BCUT2D eigenvalue weighted by atomic mass is 19.2. The zero-order valence-corrected chi connectivity index (χ0v) is 7.66. The third-order valence-corrected chi connectivity index (χ3v) is 2.01. The Balaban J connectivity index is 2.85. The standard InChI is InChI=1S/C10H4F2O4/c11-6-2-4-1-5(9(13)14)10(15)16-8(4)3-7(6)12/h1-3H,(H,13,14). The Morgan fingerprint density at radius 3 is 2.44 bits per heavy atom. The van der Waals surface area contributed by atoms with Crippen LogP contribution < -0.4 is 5.63 Å². The maximum absolute atomic E-state index is 12.8. The van der Waals surface area contributed by atoms with Gasteiger partial charge in [0.05, 0.1) is 0 Å². The second kappa shape index (κ2) is 3.41. The normalized spacial score (nSPS) is 10.6. The molecular weight excluding hydrogens is 222 g/mol. The van der Waals surface area contributed by atoms with E-state index in [1.807, 2.05) is 0 Å². The van der Waals surface area contributed by atoms with Crippen molar-refractivity contribution in [3.05, 3.63) is 45.8 Å². The quantitative estimate of drug-likeness (QED) is 0.752. The second-order valence-electron chi connectivity index (χ2n) is 3.06. The summed E-state index contributed by atoms with van der Waals surface area (Å²) in [5, 5.41) is 8.63. The van der Waals surface area contributed by atoms with Crippen LogP contribution >= 0.6 is 0 Å². The molecule has 0 atom stereocenters. The second-order valence-corrected chi connectivity index (χ2v) is 3.06. The molecule has 0 saturated heterocycles. The maximum atomic E-state index is 12.8. The van der Waals surface area contributed by atoms with E-state index in [0.717, 1.165) is 12.1 Å². The largest absolute Gasteiger partial charge is 0.477 e. The van der Waals surface area contributed by atoms with E-state index >= 15 is 0 Å². The highest BCUT2D eigenvalue weighted by molar-refractivity contribution is 5.91. The lowest BCUT2D eigenvalue weighted by Gasteiger charge is -1.99. The highest BCUT2D eigenvalue weighted by Crippen LogP contribution is 2.17. The zero-order valence-electron chi connectivity index (χ0n) is 7.66. The van der Waals surface area contributed by atoms with Crippen LogP contribution in [-0.2, 0) is 0 Å². The first-order valence-electron chi connectivity index (χ1n) is 4.15. The molecule has 82 valence electrons. The van der Waals surface area contributed by atoms with Gasteiger partial charge in [0, 0.05) is 11.5 Å². The number of halogens is 2. The molecule has 0 saturated carbocycles. The van der Waals surface area contributed by atoms with Crippen LogP contribution in [0.25, 0.3) is 11.0 Å². The first-order chi connectivity index (χ1) is 7.49. The summed E-state index contributed by atoms with van der Waals surface area (Å²) in [5.74, 6) is -3.79. The molecule has 2 aromatic rings. The number of benzene rings is 1. The Hall–Kier alpha value is -2.24. The van der Waals surface area contributed by atoms with Gasteiger partial charge in [-0.25, -0.2) is 18.4 Å². The van der Waals surface area contributed by atoms with Crippen molar-refractivity contribution in [2.75, 3.05) is 0 Å². The number of rotatable bonds is 1. The van der Waals surface area contributed by atoms with Gasteiger partial charge in [0.25, 0.3) is 0 Å². The van der Waals surface area contributed by atoms with E-state index in [1.165, 1.54) is 0 Å². The van der Waals surface area contributed by atoms with Crippen molar-refractivity contribution in [1.29, 1.82) is 0 Å². The third-order valence-electron chi connectivity index (χ3n) is 2.01. The molecule has 0 unspecified atom stereocenters. The lowest BCUT2D eigenvalue weighted by molar-refractivity contribution is 0.0692. The minimum atomic E-state index is -1.49. The molecule has 0 radical (unpaired) electrons. The van der Waals surface area contributed by atoms with Gasteiger partial charge in [-0.1, -0.05) is 0 Å². The molecule has 1 N–H and O–H groups in total. The smallest absolute Gasteiger partial charge is 0.351 e. The molecule has 0 aliphatic rings. The van der Waals surface area contributed by atoms with Crippen LogP contribution in [0, 0.1) is 11.6 Å². The highest BCUT2D eigenvalue weighted by Gasteiger charge is 2.14. The van der Waals surface area contributed by atoms with E-state index in [-0.39, 0.29) is 11.0 Å². The van der Waals surface area contributed by atoms with Crippen LogP contribution in [0.15, 0.2) is 27.4 Å². The van der Waals surface area contributed by atoms with Gasteiger partial charge < -0.3 is 9.52 Å². The average molecular weight is 226 g/mol. The molecule has 6 heteroatoms. The molecule has 4 nitrogen and oxygen atoms in total. The summed E-state index contributed by atoms with van der Waals surface area (Å²) in [6.45, 7) is 0. The predicted molar refractivity (Wildman–Crippen MR) is 49.4 cm³/mol. The molecular formula is C10H4F2O4. The zero-order chi connectivity index (χ0) is 11.9. The number of carbonyl (C=O) groups is 1. The van der Waals surface area contributed by atoms with Gasteiger partial charge in [-0.2, -0.15) is 0 Å². The van der Waals surface area contributed by atoms with Gasteiger partial charge in [-0.3, -0.25) is 0 Å². The molecule has 16 heavy (non-hydrogen) atoms. The summed E-state index contributed by atoms with van der Waals surface area (Å²) in [4.78, 5) is 21.7. The van der Waals surface area contributed by atoms with E-state index in [2.05, 4.69) is 4.42 Å². The van der Waals surface area contributed by atoms with Crippen LogP contribution in [-0.4, -0.2) is 11.1 Å². The first kappa shape index (κ1) is 10.3. The Bertz CT molecular complexity index is 645. The van der Waals surface area contributed by atoms with Gasteiger partial charge >= 0.3 is 11.6 Å². The molecule has 0 fully saturated rings. The summed E-state index contributed by atoms with van der Waals surface area (Å²) in [6, 6.07) is 2.39. The van der Waals surface area contributed by atoms with Crippen LogP contribution in [0.3, 0.4) is 0 Å². The van der Waals surface area contributed by atoms with Crippen molar-refractivity contribution in [2.45, 2.75) is 0 Å². The molecule has 1 heterocycles. The SMILES string of the molecule is O=C(O)c1cc2cc(F)c(F)cc2oc1=O. The van der Waals surface area contributed by atoms with Crippen molar-refractivity contribution in [2.24, 2.45) is 0 Å². The molecule has 0 bridgehead atoms. The molecule has 0 spiro atoms. The number of fused-ring (bicyclic) bond motifs is 1. The fraction of sp³-hybridized carbons (Fsp3) is 0. The Kier molecular flexibility index (Phi) is 2.19. The molecule has 0 aliphatic carbocycles. The van der Waals surface area contributed by atoms with Crippen molar-refractivity contribution < 1.29 is 23.1 Å². The van der Waals surface area contributed by atoms with Gasteiger partial charge in [-0.05, 0) is 12.1 Å². The van der Waals surface area contributed by atoms with Crippen molar-refractivity contribution in [3.63, 3.8) is 0 Å². The van der Waals surface area contributed by atoms with Crippen LogP contribution in [0.5, 0.6) is 0 Å². The third kappa shape index (κ3) is 1.54. The summed E-state index contributed by atoms with van der Waals surface area (Å²) in [6.07, 6.45) is 0. The van der Waals surface area contributed by atoms with Gasteiger partial charge in [0.15, 0.2) is 11.6 Å². The van der Waals surface area contributed by atoms with E-state index in [9.17, 15) is 18.4 Å². The lowest BCUT2D eigenvalue weighted by Crippen LogP contribution is -2.13. The lowest BCUT2D eigenvalue weighted by atomic mass is 10.2. The van der Waals surface area contributed by atoms with E-state index in [0.29, 0.717) is 6.07 Å².